The number of morpholine rings is 1. The Morgan fingerprint density at radius 1 is 1.14 bits per heavy atom. The van der Waals surface area contributed by atoms with Gasteiger partial charge in [0.2, 0.25) is 5.91 Å². The highest BCUT2D eigenvalue weighted by Gasteiger charge is 2.20. The van der Waals surface area contributed by atoms with Crippen LogP contribution in [-0.2, 0) is 22.7 Å². The standard InChI is InChI=1S/C22H25N3O3/c1-16-7-8-17(2)20(13-16)28-15-21-23-18-5-3-4-6-19(18)25(21)14-22(26)24-9-11-27-12-10-24/h3-8,13H,9-12,14-15H2,1-2H3. The van der Waals surface area contributed by atoms with Crippen LogP contribution < -0.4 is 4.74 Å². The maximum absolute atomic E-state index is 12.8. The van der Waals surface area contributed by atoms with Crippen molar-refractivity contribution in [2.75, 3.05) is 26.3 Å². The molecule has 1 amide bonds. The second kappa shape index (κ2) is 8.02. The van der Waals surface area contributed by atoms with Gasteiger partial charge in [-0.1, -0.05) is 24.3 Å². The van der Waals surface area contributed by atoms with Crippen molar-refractivity contribution in [1.29, 1.82) is 0 Å². The van der Waals surface area contributed by atoms with Crippen molar-refractivity contribution >= 4 is 16.9 Å². The van der Waals surface area contributed by atoms with E-state index in [0.29, 0.717) is 32.9 Å². The number of benzene rings is 2. The maximum atomic E-state index is 12.8. The molecule has 0 N–H and O–H groups in total. The average Bonchev–Trinajstić information content (AvgIpc) is 3.07. The van der Waals surface area contributed by atoms with Crippen molar-refractivity contribution in [3.63, 3.8) is 0 Å². The molecule has 2 heterocycles. The fraction of sp³-hybridized carbons (Fsp3) is 0.364. The molecule has 6 nitrogen and oxygen atoms in total. The first-order chi connectivity index (χ1) is 13.6. The number of hydrogen-bond acceptors (Lipinski definition) is 4. The fourth-order valence-corrected chi connectivity index (χ4v) is 3.47. The van der Waals surface area contributed by atoms with E-state index in [0.717, 1.165) is 33.7 Å². The minimum Gasteiger partial charge on any atom is -0.485 e. The third-order valence-corrected chi connectivity index (χ3v) is 5.09. The molecular formula is C22H25N3O3. The van der Waals surface area contributed by atoms with E-state index in [2.05, 4.69) is 12.1 Å². The van der Waals surface area contributed by atoms with Crippen LogP contribution in [0.15, 0.2) is 42.5 Å². The van der Waals surface area contributed by atoms with Gasteiger partial charge in [-0.05, 0) is 43.2 Å². The highest BCUT2D eigenvalue weighted by Crippen LogP contribution is 2.22. The number of amides is 1. The zero-order valence-electron chi connectivity index (χ0n) is 16.4. The molecule has 1 fully saturated rings. The molecule has 1 aromatic heterocycles. The van der Waals surface area contributed by atoms with Gasteiger partial charge in [0.05, 0.1) is 24.2 Å². The van der Waals surface area contributed by atoms with Gasteiger partial charge in [0.25, 0.3) is 0 Å². The van der Waals surface area contributed by atoms with Crippen LogP contribution in [0.25, 0.3) is 11.0 Å². The first-order valence-corrected chi connectivity index (χ1v) is 9.61. The molecule has 6 heteroatoms. The molecule has 0 aliphatic carbocycles. The maximum Gasteiger partial charge on any atom is 0.242 e. The van der Waals surface area contributed by atoms with Crippen LogP contribution in [0.5, 0.6) is 5.75 Å². The lowest BCUT2D eigenvalue weighted by Crippen LogP contribution is -2.42. The summed E-state index contributed by atoms with van der Waals surface area (Å²) in [7, 11) is 0. The van der Waals surface area contributed by atoms with Crippen molar-refractivity contribution in [1.82, 2.24) is 14.5 Å². The quantitative estimate of drug-likeness (QED) is 0.684. The van der Waals surface area contributed by atoms with Gasteiger partial charge in [-0.15, -0.1) is 0 Å². The zero-order valence-corrected chi connectivity index (χ0v) is 16.4. The molecule has 0 bridgehead atoms. The van der Waals surface area contributed by atoms with E-state index in [4.69, 9.17) is 14.5 Å². The van der Waals surface area contributed by atoms with Gasteiger partial charge in [0.15, 0.2) is 0 Å². The second-order valence-corrected chi connectivity index (χ2v) is 7.15. The molecule has 0 radical (unpaired) electrons. The Bertz CT molecular complexity index is 990. The second-order valence-electron chi connectivity index (χ2n) is 7.15. The van der Waals surface area contributed by atoms with Gasteiger partial charge in [-0.3, -0.25) is 4.79 Å². The Labute approximate surface area is 164 Å². The Kier molecular flexibility index (Phi) is 5.30. The minimum atomic E-state index is 0.0828. The Balaban J connectivity index is 1.59. The highest BCUT2D eigenvalue weighted by atomic mass is 16.5. The molecule has 0 saturated carbocycles. The van der Waals surface area contributed by atoms with Gasteiger partial charge in [-0.25, -0.2) is 4.98 Å². The number of nitrogens with zero attached hydrogens (tertiary/aromatic N) is 3. The molecule has 28 heavy (non-hydrogen) atoms. The summed E-state index contributed by atoms with van der Waals surface area (Å²) in [6.07, 6.45) is 0. The molecule has 1 aliphatic heterocycles. The number of ether oxygens (including phenoxy) is 2. The molecule has 1 saturated heterocycles. The van der Waals surface area contributed by atoms with Gasteiger partial charge >= 0.3 is 0 Å². The molecule has 4 rings (SSSR count). The zero-order chi connectivity index (χ0) is 19.5. The van der Waals surface area contributed by atoms with Crippen LogP contribution >= 0.6 is 0 Å². The van der Waals surface area contributed by atoms with E-state index < -0.39 is 0 Å². The predicted octanol–water partition coefficient (Wildman–Crippen LogP) is 3.09. The van der Waals surface area contributed by atoms with E-state index in [1.165, 1.54) is 0 Å². The number of carbonyl (C=O) groups excluding carboxylic acids is 1. The average molecular weight is 379 g/mol. The van der Waals surface area contributed by atoms with Crippen LogP contribution in [0, 0.1) is 13.8 Å². The summed E-state index contributed by atoms with van der Waals surface area (Å²) in [4.78, 5) is 19.4. The summed E-state index contributed by atoms with van der Waals surface area (Å²) in [5, 5.41) is 0. The van der Waals surface area contributed by atoms with E-state index in [9.17, 15) is 4.79 Å². The Hall–Kier alpha value is -2.86. The number of para-hydroxylation sites is 2. The van der Waals surface area contributed by atoms with E-state index in [1.54, 1.807) is 0 Å². The first-order valence-electron chi connectivity index (χ1n) is 9.61. The first kappa shape index (κ1) is 18.5. The van der Waals surface area contributed by atoms with E-state index in [-0.39, 0.29) is 12.5 Å². The molecule has 2 aromatic carbocycles. The van der Waals surface area contributed by atoms with Crippen LogP contribution in [-0.4, -0.2) is 46.7 Å². The lowest BCUT2D eigenvalue weighted by molar-refractivity contribution is -0.135. The third kappa shape index (κ3) is 3.87. The monoisotopic (exact) mass is 379 g/mol. The van der Waals surface area contributed by atoms with Gasteiger partial charge in [0, 0.05) is 13.1 Å². The van der Waals surface area contributed by atoms with Crippen molar-refractivity contribution < 1.29 is 14.3 Å². The van der Waals surface area contributed by atoms with Crippen LogP contribution in [0.2, 0.25) is 0 Å². The number of hydrogen-bond donors (Lipinski definition) is 0. The smallest absolute Gasteiger partial charge is 0.242 e. The summed E-state index contributed by atoms with van der Waals surface area (Å²) >= 11 is 0. The summed E-state index contributed by atoms with van der Waals surface area (Å²) < 4.78 is 13.4. The highest BCUT2D eigenvalue weighted by molar-refractivity contribution is 5.81. The molecular weight excluding hydrogens is 354 g/mol. The Morgan fingerprint density at radius 3 is 2.75 bits per heavy atom. The summed E-state index contributed by atoms with van der Waals surface area (Å²) in [6, 6.07) is 14.0. The van der Waals surface area contributed by atoms with E-state index in [1.807, 2.05) is 53.6 Å². The largest absolute Gasteiger partial charge is 0.485 e. The van der Waals surface area contributed by atoms with Gasteiger partial charge in [0.1, 0.15) is 24.7 Å². The molecule has 0 spiro atoms. The molecule has 0 unspecified atom stereocenters. The van der Waals surface area contributed by atoms with Crippen molar-refractivity contribution in [3.8, 4) is 5.75 Å². The van der Waals surface area contributed by atoms with Crippen LogP contribution in [0.4, 0.5) is 0 Å². The molecule has 146 valence electrons. The Morgan fingerprint density at radius 2 is 1.93 bits per heavy atom. The van der Waals surface area contributed by atoms with E-state index >= 15 is 0 Å². The number of fused-ring (bicyclic) bond motifs is 1. The van der Waals surface area contributed by atoms with Crippen molar-refractivity contribution in [2.24, 2.45) is 0 Å². The number of aromatic nitrogens is 2. The molecule has 3 aromatic rings. The summed E-state index contributed by atoms with van der Waals surface area (Å²) in [6.45, 7) is 7.11. The molecule has 0 atom stereocenters. The SMILES string of the molecule is Cc1ccc(C)c(OCc2nc3ccccc3n2CC(=O)N2CCOCC2)c1. The minimum absolute atomic E-state index is 0.0828. The normalized spacial score (nSPS) is 14.4. The number of rotatable bonds is 5. The third-order valence-electron chi connectivity index (χ3n) is 5.09. The van der Waals surface area contributed by atoms with Crippen molar-refractivity contribution in [3.05, 3.63) is 59.4 Å². The topological polar surface area (TPSA) is 56.6 Å². The number of carbonyl (C=O) groups is 1. The van der Waals surface area contributed by atoms with Crippen LogP contribution in [0.1, 0.15) is 17.0 Å². The van der Waals surface area contributed by atoms with Gasteiger partial charge in [-0.2, -0.15) is 0 Å². The summed E-state index contributed by atoms with van der Waals surface area (Å²) in [5.41, 5.74) is 4.05. The predicted molar refractivity (Wildman–Crippen MR) is 107 cm³/mol. The fourth-order valence-electron chi connectivity index (χ4n) is 3.47. The van der Waals surface area contributed by atoms with Gasteiger partial charge < -0.3 is 18.9 Å². The summed E-state index contributed by atoms with van der Waals surface area (Å²) in [5.74, 6) is 1.68. The van der Waals surface area contributed by atoms with Crippen molar-refractivity contribution in [2.45, 2.75) is 27.0 Å². The number of aryl methyl sites for hydroxylation is 2. The van der Waals surface area contributed by atoms with Crippen LogP contribution in [0.3, 0.4) is 0 Å². The lowest BCUT2D eigenvalue weighted by atomic mass is 10.1. The lowest BCUT2D eigenvalue weighted by Gasteiger charge is -2.27. The number of imidazole rings is 1. The molecule has 1 aliphatic rings.